The number of hydrogen-bond acceptors (Lipinski definition) is 4. The monoisotopic (exact) mass is 376 g/mol. The first-order chi connectivity index (χ1) is 12.8. The summed E-state index contributed by atoms with van der Waals surface area (Å²) >= 11 is 0. The number of nitrogens with one attached hydrogen (secondary N) is 2. The molecule has 2 heterocycles. The molecule has 1 aromatic carbocycles. The molecule has 1 aromatic heterocycles. The summed E-state index contributed by atoms with van der Waals surface area (Å²) in [7, 11) is 1.60. The van der Waals surface area contributed by atoms with Crippen LogP contribution in [-0.4, -0.2) is 41.3 Å². The number of anilines is 1. The predicted molar refractivity (Wildman–Crippen MR) is 99.2 cm³/mol. The van der Waals surface area contributed by atoms with Gasteiger partial charge in [0.25, 0.3) is 12.3 Å². The lowest BCUT2D eigenvalue weighted by Gasteiger charge is -2.31. The lowest BCUT2D eigenvalue weighted by atomic mass is 10.0. The number of nitrogens with zero attached hydrogens (tertiary/aromatic N) is 2. The summed E-state index contributed by atoms with van der Waals surface area (Å²) in [6, 6.07) is 7.56. The number of carbonyl (C=O) groups excluding carboxylic acids is 1. The molecule has 8 heteroatoms. The van der Waals surface area contributed by atoms with E-state index in [0.29, 0.717) is 13.0 Å². The van der Waals surface area contributed by atoms with Gasteiger partial charge in [0, 0.05) is 6.54 Å². The van der Waals surface area contributed by atoms with E-state index in [1.165, 1.54) is 12.3 Å². The Morgan fingerprint density at radius 3 is 2.81 bits per heavy atom. The molecule has 0 atom stereocenters. The van der Waals surface area contributed by atoms with Crippen molar-refractivity contribution < 1.29 is 18.3 Å². The first kappa shape index (κ1) is 18.9. The van der Waals surface area contributed by atoms with E-state index in [1.54, 1.807) is 21.0 Å². The number of rotatable bonds is 6. The first-order valence-corrected chi connectivity index (χ1v) is 8.60. The van der Waals surface area contributed by atoms with Crippen LogP contribution in [0.2, 0.25) is 0 Å². The van der Waals surface area contributed by atoms with Gasteiger partial charge in [-0.2, -0.15) is 5.10 Å². The molecule has 0 fully saturated rings. The average molecular weight is 376 g/mol. The number of halogens is 2. The topological polar surface area (TPSA) is 68.2 Å². The summed E-state index contributed by atoms with van der Waals surface area (Å²) in [5.74, 6) is 0.655. The van der Waals surface area contributed by atoms with Gasteiger partial charge in [-0.05, 0) is 38.0 Å². The molecular weight excluding hydrogens is 354 g/mol. The van der Waals surface area contributed by atoms with Crippen LogP contribution < -0.4 is 15.4 Å². The SMILES string of the molecule is COc1ccccc1CCNC(=O)c1cnn2c1NC(C)(C)C=C2C(F)F. The molecule has 0 bridgehead atoms. The molecule has 1 amide bonds. The molecule has 2 aromatic rings. The highest BCUT2D eigenvalue weighted by molar-refractivity contribution is 5.99. The lowest BCUT2D eigenvalue weighted by molar-refractivity contribution is 0.0954. The van der Waals surface area contributed by atoms with Gasteiger partial charge in [-0.1, -0.05) is 18.2 Å². The number of aromatic nitrogens is 2. The molecule has 1 aliphatic heterocycles. The molecular formula is C19H22F2N4O2. The zero-order valence-corrected chi connectivity index (χ0v) is 15.4. The summed E-state index contributed by atoms with van der Waals surface area (Å²) in [6.07, 6.45) is 0.617. The van der Waals surface area contributed by atoms with Gasteiger partial charge < -0.3 is 15.4 Å². The van der Waals surface area contributed by atoms with Gasteiger partial charge in [-0.3, -0.25) is 4.79 Å². The van der Waals surface area contributed by atoms with Crippen LogP contribution in [0.4, 0.5) is 14.6 Å². The number of hydrogen-bond donors (Lipinski definition) is 2. The van der Waals surface area contributed by atoms with E-state index < -0.39 is 12.0 Å². The smallest absolute Gasteiger partial charge is 0.280 e. The maximum Gasteiger partial charge on any atom is 0.280 e. The molecule has 0 unspecified atom stereocenters. The standard InChI is InChI=1S/C19H22F2N4O2/c1-19(2)10-14(16(20)21)25-17(24-19)13(11-23-25)18(26)22-9-8-12-6-4-5-7-15(12)27-3/h4-7,10-11,16,24H,8-9H2,1-3H3,(H,22,26). The van der Waals surface area contributed by atoms with Crippen molar-refractivity contribution in [1.29, 1.82) is 0 Å². The van der Waals surface area contributed by atoms with Crippen molar-refractivity contribution in [2.24, 2.45) is 0 Å². The minimum atomic E-state index is -2.69. The molecule has 0 spiro atoms. The van der Waals surface area contributed by atoms with Crippen LogP contribution in [0.15, 0.2) is 36.5 Å². The Morgan fingerprint density at radius 1 is 1.37 bits per heavy atom. The Morgan fingerprint density at radius 2 is 2.11 bits per heavy atom. The van der Waals surface area contributed by atoms with Gasteiger partial charge in [0.1, 0.15) is 22.8 Å². The van der Waals surface area contributed by atoms with Gasteiger partial charge in [0.2, 0.25) is 0 Å². The third-order valence-corrected chi connectivity index (χ3v) is 4.30. The third-order valence-electron chi connectivity index (χ3n) is 4.30. The van der Waals surface area contributed by atoms with Crippen molar-refractivity contribution >= 4 is 17.4 Å². The van der Waals surface area contributed by atoms with Gasteiger partial charge in [-0.25, -0.2) is 13.5 Å². The van der Waals surface area contributed by atoms with E-state index in [0.717, 1.165) is 16.0 Å². The minimum absolute atomic E-state index is 0.231. The number of para-hydroxylation sites is 1. The van der Waals surface area contributed by atoms with Crippen molar-refractivity contribution in [3.05, 3.63) is 47.7 Å². The van der Waals surface area contributed by atoms with Gasteiger partial charge in [0.05, 0.1) is 18.8 Å². The van der Waals surface area contributed by atoms with Crippen molar-refractivity contribution in [3.8, 4) is 5.75 Å². The van der Waals surface area contributed by atoms with E-state index in [-0.39, 0.29) is 23.0 Å². The molecule has 3 rings (SSSR count). The van der Waals surface area contributed by atoms with E-state index >= 15 is 0 Å². The second kappa shape index (κ2) is 7.38. The largest absolute Gasteiger partial charge is 0.496 e. The Labute approximate surface area is 156 Å². The predicted octanol–water partition coefficient (Wildman–Crippen LogP) is 3.17. The van der Waals surface area contributed by atoms with E-state index in [2.05, 4.69) is 15.7 Å². The van der Waals surface area contributed by atoms with Crippen molar-refractivity contribution in [2.45, 2.75) is 32.2 Å². The Bertz CT molecular complexity index is 874. The normalized spacial score (nSPS) is 15.0. The Kier molecular flexibility index (Phi) is 5.16. The molecule has 6 nitrogen and oxygen atoms in total. The highest BCUT2D eigenvalue weighted by Gasteiger charge is 2.32. The van der Waals surface area contributed by atoms with Crippen LogP contribution in [0.1, 0.15) is 29.8 Å². The van der Waals surface area contributed by atoms with Crippen LogP contribution in [0, 0.1) is 0 Å². The van der Waals surface area contributed by atoms with E-state index in [9.17, 15) is 13.6 Å². The number of methoxy groups -OCH3 is 1. The van der Waals surface area contributed by atoms with Gasteiger partial charge >= 0.3 is 0 Å². The number of allylic oxidation sites excluding steroid dienone is 1. The zero-order chi connectivity index (χ0) is 19.6. The summed E-state index contributed by atoms with van der Waals surface area (Å²) in [5.41, 5.74) is 0.254. The second-order valence-electron chi connectivity index (χ2n) is 6.85. The minimum Gasteiger partial charge on any atom is -0.496 e. The van der Waals surface area contributed by atoms with Crippen LogP contribution in [0.3, 0.4) is 0 Å². The fraction of sp³-hybridized carbons (Fsp3) is 0.368. The number of amides is 1. The summed E-state index contributed by atoms with van der Waals surface area (Å²) in [6.45, 7) is 3.90. The third kappa shape index (κ3) is 3.94. The van der Waals surface area contributed by atoms with Crippen molar-refractivity contribution in [1.82, 2.24) is 15.1 Å². The number of ether oxygens (including phenoxy) is 1. The highest BCUT2D eigenvalue weighted by Crippen LogP contribution is 2.32. The number of fused-ring (bicyclic) bond motifs is 1. The summed E-state index contributed by atoms with van der Waals surface area (Å²) < 4.78 is 33.1. The van der Waals surface area contributed by atoms with Crippen LogP contribution in [0.5, 0.6) is 5.75 Å². The van der Waals surface area contributed by atoms with Crippen LogP contribution in [-0.2, 0) is 6.42 Å². The van der Waals surface area contributed by atoms with E-state index in [1.807, 2.05) is 24.3 Å². The van der Waals surface area contributed by atoms with Crippen LogP contribution in [0.25, 0.3) is 5.70 Å². The zero-order valence-electron chi connectivity index (χ0n) is 15.4. The molecule has 2 N–H and O–H groups in total. The molecule has 1 aliphatic rings. The summed E-state index contributed by atoms with van der Waals surface area (Å²) in [5, 5.41) is 9.86. The molecule has 0 radical (unpaired) electrons. The van der Waals surface area contributed by atoms with Gasteiger partial charge in [-0.15, -0.1) is 0 Å². The van der Waals surface area contributed by atoms with Crippen LogP contribution >= 0.6 is 0 Å². The lowest BCUT2D eigenvalue weighted by Crippen LogP contribution is -2.36. The fourth-order valence-corrected chi connectivity index (χ4v) is 3.07. The first-order valence-electron chi connectivity index (χ1n) is 8.60. The molecule has 0 saturated carbocycles. The van der Waals surface area contributed by atoms with E-state index in [4.69, 9.17) is 4.74 Å². The Hall–Kier alpha value is -2.90. The Balaban J connectivity index is 1.73. The maximum absolute atomic E-state index is 13.3. The number of alkyl halides is 2. The molecule has 0 saturated heterocycles. The fourth-order valence-electron chi connectivity index (χ4n) is 3.07. The number of carbonyl (C=O) groups is 1. The van der Waals surface area contributed by atoms with Crippen molar-refractivity contribution in [3.63, 3.8) is 0 Å². The van der Waals surface area contributed by atoms with Gasteiger partial charge in [0.15, 0.2) is 0 Å². The quantitative estimate of drug-likeness (QED) is 0.813. The average Bonchev–Trinajstić information content (AvgIpc) is 3.03. The molecule has 27 heavy (non-hydrogen) atoms. The summed E-state index contributed by atoms with van der Waals surface area (Å²) in [4.78, 5) is 12.6. The molecule has 0 aliphatic carbocycles. The highest BCUT2D eigenvalue weighted by atomic mass is 19.3. The second-order valence-corrected chi connectivity index (χ2v) is 6.85. The number of benzene rings is 1. The molecule has 144 valence electrons. The maximum atomic E-state index is 13.3. The van der Waals surface area contributed by atoms with Crippen molar-refractivity contribution in [2.75, 3.05) is 19.0 Å².